The van der Waals surface area contributed by atoms with Gasteiger partial charge in [0.15, 0.2) is 0 Å². The van der Waals surface area contributed by atoms with Crippen LogP contribution in [0.3, 0.4) is 0 Å². The summed E-state index contributed by atoms with van der Waals surface area (Å²) in [6, 6.07) is 0.396. The van der Waals surface area contributed by atoms with Gasteiger partial charge in [-0.15, -0.1) is 0 Å². The second-order valence-corrected chi connectivity index (χ2v) is 3.41. The van der Waals surface area contributed by atoms with Crippen LogP contribution in [-0.2, 0) is 0 Å². The van der Waals surface area contributed by atoms with Crippen molar-refractivity contribution < 1.29 is 0 Å². The molecule has 0 unspecified atom stereocenters. The number of hydrogen-bond acceptors (Lipinski definition) is 3. The topological polar surface area (TPSA) is 43.6 Å². The van der Waals surface area contributed by atoms with Crippen molar-refractivity contribution in [1.82, 2.24) is 19.5 Å². The van der Waals surface area contributed by atoms with E-state index in [1.54, 1.807) is 12.4 Å². The molecule has 0 radical (unpaired) electrons. The molecule has 0 aliphatic rings. The molecule has 0 aliphatic carbocycles. The fourth-order valence-corrected chi connectivity index (χ4v) is 1.37. The molecule has 0 spiro atoms. The van der Waals surface area contributed by atoms with Crippen LogP contribution in [0.4, 0.5) is 0 Å². The molecule has 0 aromatic carbocycles. The molecule has 2 rings (SSSR count). The average Bonchev–Trinajstić information content (AvgIpc) is 2.67. The Morgan fingerprint density at radius 2 is 1.79 bits per heavy atom. The van der Waals surface area contributed by atoms with Crippen LogP contribution in [0.15, 0.2) is 31.2 Å². The predicted molar refractivity (Wildman–Crippen MR) is 53.6 cm³/mol. The van der Waals surface area contributed by atoms with Crippen molar-refractivity contribution >= 4 is 0 Å². The minimum Gasteiger partial charge on any atom is -0.328 e. The van der Waals surface area contributed by atoms with Crippen molar-refractivity contribution in [3.05, 3.63) is 31.2 Å². The normalized spacial score (nSPS) is 10.8. The molecule has 4 heteroatoms. The average molecular weight is 188 g/mol. The second-order valence-electron chi connectivity index (χ2n) is 3.41. The first-order chi connectivity index (χ1) is 6.79. The van der Waals surface area contributed by atoms with Gasteiger partial charge in [-0.2, -0.15) is 0 Å². The molecule has 2 aromatic heterocycles. The van der Waals surface area contributed by atoms with Gasteiger partial charge in [0, 0.05) is 24.0 Å². The zero-order valence-corrected chi connectivity index (χ0v) is 8.25. The van der Waals surface area contributed by atoms with E-state index in [1.165, 1.54) is 6.33 Å². The maximum atomic E-state index is 4.13. The van der Waals surface area contributed by atoms with E-state index in [-0.39, 0.29) is 0 Å². The third-order valence-corrected chi connectivity index (χ3v) is 2.08. The summed E-state index contributed by atoms with van der Waals surface area (Å²) in [5.41, 5.74) is 2.05. The van der Waals surface area contributed by atoms with Crippen molar-refractivity contribution in [3.63, 3.8) is 0 Å². The van der Waals surface area contributed by atoms with E-state index < -0.39 is 0 Å². The summed E-state index contributed by atoms with van der Waals surface area (Å²) in [5.74, 6) is 0. The standard InChI is InChI=1S/C10H12N4/c1-8(2)14-7-13-5-10(14)9-3-11-6-12-4-9/h3-8H,1-2H3. The lowest BCUT2D eigenvalue weighted by atomic mass is 10.2. The summed E-state index contributed by atoms with van der Waals surface area (Å²) in [4.78, 5) is 12.1. The van der Waals surface area contributed by atoms with Crippen LogP contribution in [0.5, 0.6) is 0 Å². The van der Waals surface area contributed by atoms with Crippen molar-refractivity contribution in [2.75, 3.05) is 0 Å². The Bertz CT molecular complexity index is 405. The summed E-state index contributed by atoms with van der Waals surface area (Å²) in [6.07, 6.45) is 8.77. The van der Waals surface area contributed by atoms with Gasteiger partial charge in [-0.05, 0) is 13.8 Å². The highest BCUT2D eigenvalue weighted by Gasteiger charge is 2.07. The molecule has 2 heterocycles. The van der Waals surface area contributed by atoms with Crippen LogP contribution in [0.2, 0.25) is 0 Å². The number of rotatable bonds is 2. The quantitative estimate of drug-likeness (QED) is 0.723. The zero-order valence-electron chi connectivity index (χ0n) is 8.25. The SMILES string of the molecule is CC(C)n1cncc1-c1cncnc1. The van der Waals surface area contributed by atoms with E-state index in [1.807, 2.05) is 12.5 Å². The predicted octanol–water partition coefficient (Wildman–Crippen LogP) is 1.92. The Balaban J connectivity index is 2.47. The molecule has 0 N–H and O–H groups in total. The van der Waals surface area contributed by atoms with Crippen molar-refractivity contribution in [2.24, 2.45) is 0 Å². The van der Waals surface area contributed by atoms with E-state index >= 15 is 0 Å². The van der Waals surface area contributed by atoms with Crippen LogP contribution in [0.1, 0.15) is 19.9 Å². The van der Waals surface area contributed by atoms with E-state index in [0.29, 0.717) is 6.04 Å². The molecule has 0 amide bonds. The number of hydrogen-bond donors (Lipinski definition) is 0. The molecule has 0 aliphatic heterocycles. The molecule has 14 heavy (non-hydrogen) atoms. The molecule has 2 aromatic rings. The smallest absolute Gasteiger partial charge is 0.115 e. The minimum absolute atomic E-state index is 0.396. The molecular formula is C10H12N4. The van der Waals surface area contributed by atoms with Gasteiger partial charge >= 0.3 is 0 Å². The fourth-order valence-electron chi connectivity index (χ4n) is 1.37. The highest BCUT2D eigenvalue weighted by atomic mass is 15.1. The summed E-state index contributed by atoms with van der Waals surface area (Å²) >= 11 is 0. The Morgan fingerprint density at radius 1 is 1.07 bits per heavy atom. The highest BCUT2D eigenvalue weighted by molar-refractivity contribution is 5.56. The van der Waals surface area contributed by atoms with Crippen molar-refractivity contribution in [3.8, 4) is 11.3 Å². The number of nitrogens with zero attached hydrogens (tertiary/aromatic N) is 4. The van der Waals surface area contributed by atoms with Gasteiger partial charge in [0.1, 0.15) is 6.33 Å². The van der Waals surface area contributed by atoms with Gasteiger partial charge in [-0.1, -0.05) is 0 Å². The van der Waals surface area contributed by atoms with Crippen LogP contribution in [0, 0.1) is 0 Å². The Labute approximate surface area is 82.7 Å². The van der Waals surface area contributed by atoms with Crippen LogP contribution in [0.25, 0.3) is 11.3 Å². The number of imidazole rings is 1. The van der Waals surface area contributed by atoms with Gasteiger partial charge in [0.05, 0.1) is 18.2 Å². The van der Waals surface area contributed by atoms with E-state index in [9.17, 15) is 0 Å². The van der Waals surface area contributed by atoms with Crippen LogP contribution in [-0.4, -0.2) is 19.5 Å². The zero-order chi connectivity index (χ0) is 9.97. The maximum absolute atomic E-state index is 4.13. The van der Waals surface area contributed by atoms with Gasteiger partial charge in [-0.25, -0.2) is 15.0 Å². The Hall–Kier alpha value is -1.71. The van der Waals surface area contributed by atoms with E-state index in [0.717, 1.165) is 11.3 Å². The molecule has 0 atom stereocenters. The second kappa shape index (κ2) is 3.57. The molecular weight excluding hydrogens is 176 g/mol. The van der Waals surface area contributed by atoms with Gasteiger partial charge in [-0.3, -0.25) is 0 Å². The number of aromatic nitrogens is 4. The summed E-state index contributed by atoms with van der Waals surface area (Å²) < 4.78 is 2.10. The highest BCUT2D eigenvalue weighted by Crippen LogP contribution is 2.19. The first kappa shape index (κ1) is 8.87. The van der Waals surface area contributed by atoms with Crippen molar-refractivity contribution in [1.29, 1.82) is 0 Å². The molecule has 0 bridgehead atoms. The largest absolute Gasteiger partial charge is 0.328 e. The molecule has 72 valence electrons. The first-order valence-electron chi connectivity index (χ1n) is 4.56. The van der Waals surface area contributed by atoms with Gasteiger partial charge in [0.2, 0.25) is 0 Å². The monoisotopic (exact) mass is 188 g/mol. The maximum Gasteiger partial charge on any atom is 0.115 e. The summed E-state index contributed by atoms with van der Waals surface area (Å²) in [7, 11) is 0. The fraction of sp³-hybridized carbons (Fsp3) is 0.300. The first-order valence-corrected chi connectivity index (χ1v) is 4.56. The van der Waals surface area contributed by atoms with E-state index in [4.69, 9.17) is 0 Å². The third-order valence-electron chi connectivity index (χ3n) is 2.08. The lowest BCUT2D eigenvalue weighted by Gasteiger charge is -2.10. The third kappa shape index (κ3) is 1.51. The Morgan fingerprint density at radius 3 is 2.43 bits per heavy atom. The molecule has 4 nitrogen and oxygen atoms in total. The molecule has 0 saturated carbocycles. The summed E-state index contributed by atoms with van der Waals surface area (Å²) in [5, 5.41) is 0. The lowest BCUT2D eigenvalue weighted by molar-refractivity contribution is 0.605. The molecule has 0 saturated heterocycles. The van der Waals surface area contributed by atoms with Gasteiger partial charge < -0.3 is 4.57 Å². The lowest BCUT2D eigenvalue weighted by Crippen LogP contribution is -2.01. The minimum atomic E-state index is 0.396. The van der Waals surface area contributed by atoms with Crippen LogP contribution < -0.4 is 0 Å². The van der Waals surface area contributed by atoms with E-state index in [2.05, 4.69) is 33.4 Å². The Kier molecular flexibility index (Phi) is 2.26. The van der Waals surface area contributed by atoms with Crippen LogP contribution >= 0.6 is 0 Å². The van der Waals surface area contributed by atoms with Gasteiger partial charge in [0.25, 0.3) is 0 Å². The summed E-state index contributed by atoms with van der Waals surface area (Å²) in [6.45, 7) is 4.24. The van der Waals surface area contributed by atoms with Crippen molar-refractivity contribution in [2.45, 2.75) is 19.9 Å². The molecule has 0 fully saturated rings.